The molecule has 0 nitrogen and oxygen atoms in total. The second-order valence-corrected chi connectivity index (χ2v) is 5.02. The maximum atomic E-state index is 3.31. The number of hydrogen-bond donors (Lipinski definition) is 0. The van der Waals surface area contributed by atoms with Crippen LogP contribution >= 0.6 is 31.9 Å². The predicted octanol–water partition coefficient (Wildman–Crippen LogP) is 4.05. The van der Waals surface area contributed by atoms with Crippen LogP contribution in [0.15, 0.2) is 9.47 Å². The molecule has 0 heterocycles. The minimum atomic E-state index is 0.801. The maximum absolute atomic E-state index is 3.31. The van der Waals surface area contributed by atoms with Crippen LogP contribution in [0.2, 0.25) is 0 Å². The quantitative estimate of drug-likeness (QED) is 0.714. The normalized spacial score (nSPS) is 12.9. The molecule has 0 aromatic heterocycles. The van der Waals surface area contributed by atoms with Crippen LogP contribution in [-0.4, -0.2) is 0 Å². The van der Waals surface area contributed by atoms with Crippen molar-refractivity contribution in [2.24, 2.45) is 5.92 Å². The summed E-state index contributed by atoms with van der Waals surface area (Å²) in [5.41, 5.74) is 0. The molecule has 1 unspecified atom stereocenters. The Balaban J connectivity index is 3.37. The highest BCUT2D eigenvalue weighted by Crippen LogP contribution is 2.17. The topological polar surface area (TPSA) is 0 Å². The van der Waals surface area contributed by atoms with Crippen molar-refractivity contribution in [2.45, 2.75) is 26.7 Å². The molecule has 0 rings (SSSR count). The van der Waals surface area contributed by atoms with Crippen molar-refractivity contribution in [1.82, 2.24) is 0 Å². The highest BCUT2D eigenvalue weighted by atomic mass is 79.9. The minimum Gasteiger partial charge on any atom is -0.0651 e. The van der Waals surface area contributed by atoms with Gasteiger partial charge < -0.3 is 0 Å². The minimum absolute atomic E-state index is 0.801. The van der Waals surface area contributed by atoms with E-state index in [9.17, 15) is 0 Å². The van der Waals surface area contributed by atoms with E-state index in [0.29, 0.717) is 0 Å². The van der Waals surface area contributed by atoms with Gasteiger partial charge in [0.25, 0.3) is 0 Å². The summed E-state index contributed by atoms with van der Waals surface area (Å²) in [6.07, 6.45) is 4.56. The predicted molar refractivity (Wildman–Crippen MR) is 50.0 cm³/mol. The SMILES string of the molecule is CCC(C)CC=C(Br)Br. The van der Waals surface area contributed by atoms with Gasteiger partial charge in [0.2, 0.25) is 0 Å². The first-order valence-electron chi connectivity index (χ1n) is 3.18. The molecule has 54 valence electrons. The van der Waals surface area contributed by atoms with E-state index in [1.807, 2.05) is 0 Å². The lowest BCUT2D eigenvalue weighted by Crippen LogP contribution is -1.87. The Labute approximate surface area is 74.0 Å². The van der Waals surface area contributed by atoms with Crippen molar-refractivity contribution < 1.29 is 0 Å². The van der Waals surface area contributed by atoms with E-state index in [4.69, 9.17) is 0 Å². The number of hydrogen-bond acceptors (Lipinski definition) is 0. The lowest BCUT2D eigenvalue weighted by Gasteiger charge is -2.01. The molecule has 0 bridgehead atoms. The zero-order valence-corrected chi connectivity index (χ0v) is 9.00. The zero-order chi connectivity index (χ0) is 7.28. The largest absolute Gasteiger partial charge is 0.0651 e. The van der Waals surface area contributed by atoms with Crippen molar-refractivity contribution in [2.75, 3.05) is 0 Å². The summed E-state index contributed by atoms with van der Waals surface area (Å²) in [6, 6.07) is 0. The number of halogens is 2. The summed E-state index contributed by atoms with van der Waals surface area (Å²) in [5, 5.41) is 0. The van der Waals surface area contributed by atoms with Crippen molar-refractivity contribution in [3.05, 3.63) is 9.47 Å². The van der Waals surface area contributed by atoms with Gasteiger partial charge in [-0.3, -0.25) is 0 Å². The Kier molecular flexibility index (Phi) is 5.91. The van der Waals surface area contributed by atoms with Crippen LogP contribution in [0.5, 0.6) is 0 Å². The summed E-state index contributed by atoms with van der Waals surface area (Å²) in [7, 11) is 0. The molecule has 0 aliphatic rings. The Hall–Kier alpha value is 0.700. The van der Waals surface area contributed by atoms with Crippen LogP contribution in [0.1, 0.15) is 26.7 Å². The van der Waals surface area contributed by atoms with Crippen molar-refractivity contribution in [3.8, 4) is 0 Å². The molecule has 0 fully saturated rings. The molecule has 0 aromatic carbocycles. The van der Waals surface area contributed by atoms with Gasteiger partial charge in [0.05, 0.1) is 3.39 Å². The van der Waals surface area contributed by atoms with Gasteiger partial charge in [-0.05, 0) is 44.2 Å². The molecule has 0 aromatic rings. The molecular formula is C7H12Br2. The fourth-order valence-corrected chi connectivity index (χ4v) is 0.831. The van der Waals surface area contributed by atoms with Gasteiger partial charge in [0, 0.05) is 0 Å². The van der Waals surface area contributed by atoms with E-state index in [1.165, 1.54) is 6.42 Å². The lowest BCUT2D eigenvalue weighted by molar-refractivity contribution is 0.572. The third-order valence-electron chi connectivity index (χ3n) is 1.37. The molecule has 0 radical (unpaired) electrons. The molecule has 0 N–H and O–H groups in total. The van der Waals surface area contributed by atoms with Gasteiger partial charge >= 0.3 is 0 Å². The third kappa shape index (κ3) is 6.59. The van der Waals surface area contributed by atoms with E-state index < -0.39 is 0 Å². The van der Waals surface area contributed by atoms with Crippen LogP contribution in [0.4, 0.5) is 0 Å². The van der Waals surface area contributed by atoms with Crippen LogP contribution in [0, 0.1) is 5.92 Å². The first-order valence-corrected chi connectivity index (χ1v) is 4.76. The first kappa shape index (κ1) is 9.70. The van der Waals surface area contributed by atoms with Gasteiger partial charge in [-0.2, -0.15) is 0 Å². The number of allylic oxidation sites excluding steroid dienone is 1. The van der Waals surface area contributed by atoms with Gasteiger partial charge in [0.15, 0.2) is 0 Å². The Bertz CT molecular complexity index is 93.1. The Morgan fingerprint density at radius 3 is 2.44 bits per heavy atom. The smallest absolute Gasteiger partial charge is 0.0564 e. The van der Waals surface area contributed by atoms with E-state index in [1.54, 1.807) is 0 Å². The van der Waals surface area contributed by atoms with E-state index in [2.05, 4.69) is 51.8 Å². The van der Waals surface area contributed by atoms with Crippen LogP contribution < -0.4 is 0 Å². The van der Waals surface area contributed by atoms with E-state index in [-0.39, 0.29) is 0 Å². The van der Waals surface area contributed by atoms with E-state index >= 15 is 0 Å². The zero-order valence-electron chi connectivity index (χ0n) is 5.82. The highest BCUT2D eigenvalue weighted by molar-refractivity contribution is 9.28. The second-order valence-electron chi connectivity index (χ2n) is 2.24. The molecule has 0 aliphatic carbocycles. The van der Waals surface area contributed by atoms with Gasteiger partial charge in [-0.25, -0.2) is 0 Å². The van der Waals surface area contributed by atoms with Gasteiger partial charge in [-0.1, -0.05) is 26.3 Å². The summed E-state index contributed by atoms with van der Waals surface area (Å²) >= 11 is 6.62. The van der Waals surface area contributed by atoms with Crippen LogP contribution in [-0.2, 0) is 0 Å². The molecular weight excluding hydrogens is 244 g/mol. The maximum Gasteiger partial charge on any atom is 0.0564 e. The highest BCUT2D eigenvalue weighted by Gasteiger charge is 1.94. The standard InChI is InChI=1S/C7H12Br2/c1-3-6(2)4-5-7(8)9/h5-6H,3-4H2,1-2H3. The monoisotopic (exact) mass is 254 g/mol. The van der Waals surface area contributed by atoms with Crippen LogP contribution in [0.3, 0.4) is 0 Å². The Morgan fingerprint density at radius 1 is 1.56 bits per heavy atom. The molecule has 2 heteroatoms. The van der Waals surface area contributed by atoms with Crippen LogP contribution in [0.25, 0.3) is 0 Å². The molecule has 1 atom stereocenters. The van der Waals surface area contributed by atoms with Crippen molar-refractivity contribution in [3.63, 3.8) is 0 Å². The average Bonchev–Trinajstić information content (AvgIpc) is 1.83. The Morgan fingerprint density at radius 2 is 2.11 bits per heavy atom. The second kappa shape index (κ2) is 5.48. The molecule has 0 spiro atoms. The summed E-state index contributed by atoms with van der Waals surface area (Å²) < 4.78 is 1.07. The molecule has 0 amide bonds. The molecule has 0 saturated heterocycles. The summed E-state index contributed by atoms with van der Waals surface area (Å²) in [4.78, 5) is 0. The summed E-state index contributed by atoms with van der Waals surface area (Å²) in [5.74, 6) is 0.801. The van der Waals surface area contributed by atoms with Gasteiger partial charge in [0.1, 0.15) is 0 Å². The van der Waals surface area contributed by atoms with Gasteiger partial charge in [-0.15, -0.1) is 0 Å². The van der Waals surface area contributed by atoms with Crippen molar-refractivity contribution in [1.29, 1.82) is 0 Å². The average molecular weight is 256 g/mol. The molecule has 0 saturated carbocycles. The number of rotatable bonds is 3. The lowest BCUT2D eigenvalue weighted by atomic mass is 10.1. The van der Waals surface area contributed by atoms with Crippen molar-refractivity contribution >= 4 is 31.9 Å². The summed E-state index contributed by atoms with van der Waals surface area (Å²) in [6.45, 7) is 4.46. The third-order valence-corrected chi connectivity index (χ3v) is 2.02. The fraction of sp³-hybridized carbons (Fsp3) is 0.714. The van der Waals surface area contributed by atoms with E-state index in [0.717, 1.165) is 15.7 Å². The first-order chi connectivity index (χ1) is 4.16. The molecule has 0 aliphatic heterocycles. The molecule has 9 heavy (non-hydrogen) atoms. The fourth-order valence-electron chi connectivity index (χ4n) is 0.457.